The summed E-state index contributed by atoms with van der Waals surface area (Å²) in [5.74, 6) is -0.463. The second-order valence-electron chi connectivity index (χ2n) is 6.62. The average Bonchev–Trinajstić information content (AvgIpc) is 2.94. The molecule has 24 heavy (non-hydrogen) atoms. The van der Waals surface area contributed by atoms with E-state index in [4.69, 9.17) is 5.21 Å². The molecule has 2 atom stereocenters. The Morgan fingerprint density at radius 3 is 2.33 bits per heavy atom. The number of ether oxygens (including phenoxy) is 1. The molecule has 3 rings (SSSR count). The van der Waals surface area contributed by atoms with Crippen LogP contribution in [0, 0.1) is 5.92 Å². The summed E-state index contributed by atoms with van der Waals surface area (Å²) in [6.07, 6.45) is -0.623. The highest BCUT2D eigenvalue weighted by atomic mass is 19.4. The predicted molar refractivity (Wildman–Crippen MR) is 81.2 cm³/mol. The van der Waals surface area contributed by atoms with Crippen molar-refractivity contribution in [2.45, 2.75) is 56.4 Å². The number of aliphatic hydroxyl groups excluding tert-OH is 1. The lowest BCUT2D eigenvalue weighted by Crippen LogP contribution is -2.50. The van der Waals surface area contributed by atoms with Crippen molar-refractivity contribution in [2.75, 3.05) is 0 Å². The fourth-order valence-corrected chi connectivity index (χ4v) is 4.01. The zero-order valence-electron chi connectivity index (χ0n) is 13.1. The molecule has 0 radical (unpaired) electrons. The maximum Gasteiger partial charge on any atom is 0.573 e. The molecule has 1 unspecified atom stereocenters. The van der Waals surface area contributed by atoms with Gasteiger partial charge >= 0.3 is 6.36 Å². The van der Waals surface area contributed by atoms with E-state index in [0.29, 0.717) is 12.1 Å². The summed E-state index contributed by atoms with van der Waals surface area (Å²) >= 11 is 0. The number of alkyl halides is 3. The largest absolute Gasteiger partial charge is 0.573 e. The van der Waals surface area contributed by atoms with Crippen molar-refractivity contribution in [1.82, 2.24) is 0 Å². The Morgan fingerprint density at radius 2 is 1.83 bits per heavy atom. The zero-order valence-corrected chi connectivity index (χ0v) is 13.1. The topological polar surface area (TPSA) is 62.1 Å². The molecule has 2 saturated carbocycles. The Labute approximate surface area is 137 Å². The van der Waals surface area contributed by atoms with Crippen LogP contribution in [0.5, 0.6) is 5.75 Å². The number of hydrogen-bond acceptors (Lipinski definition) is 4. The standard InChI is InChI=1S/C17H20F3NO3/c18-17(19,20)24-12-7-5-11(6-8-12)16(9-2-10-16)15(22)13-3-1-4-14(13)21-23/h5-8,13,15,22-23H,1-4,9-10H2/t13?,15-/m1/s1. The molecule has 2 aliphatic rings. The second kappa shape index (κ2) is 6.27. The molecule has 0 saturated heterocycles. The van der Waals surface area contributed by atoms with Gasteiger partial charge in [0.15, 0.2) is 0 Å². The molecule has 0 spiro atoms. The number of rotatable bonds is 4. The number of hydrogen-bond donors (Lipinski definition) is 2. The van der Waals surface area contributed by atoms with Crippen LogP contribution < -0.4 is 4.74 Å². The summed E-state index contributed by atoms with van der Waals surface area (Å²) in [4.78, 5) is 0. The molecule has 2 N–H and O–H groups in total. The van der Waals surface area contributed by atoms with Crippen LogP contribution in [0.2, 0.25) is 0 Å². The van der Waals surface area contributed by atoms with Gasteiger partial charge in [-0.2, -0.15) is 0 Å². The summed E-state index contributed by atoms with van der Waals surface area (Å²) in [5.41, 5.74) is 0.938. The fourth-order valence-electron chi connectivity index (χ4n) is 4.01. The summed E-state index contributed by atoms with van der Waals surface area (Å²) in [7, 11) is 0. The third kappa shape index (κ3) is 3.09. The van der Waals surface area contributed by atoms with Gasteiger partial charge < -0.3 is 15.1 Å². The minimum atomic E-state index is -4.72. The van der Waals surface area contributed by atoms with E-state index >= 15 is 0 Å². The van der Waals surface area contributed by atoms with Crippen LogP contribution in [0.1, 0.15) is 44.1 Å². The van der Waals surface area contributed by atoms with Gasteiger partial charge in [-0.1, -0.05) is 23.7 Å². The van der Waals surface area contributed by atoms with Gasteiger partial charge in [-0.3, -0.25) is 0 Å². The molecule has 7 heteroatoms. The molecule has 2 fully saturated rings. The molecule has 1 aromatic rings. The van der Waals surface area contributed by atoms with Gasteiger partial charge in [-0.05, 0) is 49.8 Å². The Hall–Kier alpha value is -1.76. The highest BCUT2D eigenvalue weighted by Crippen LogP contribution is 2.50. The van der Waals surface area contributed by atoms with Gasteiger partial charge in [-0.15, -0.1) is 13.2 Å². The SMILES string of the molecule is ON=C1CCCC1[C@@H](O)C1(c2ccc(OC(F)(F)F)cc2)CCC1. The first-order valence-corrected chi connectivity index (χ1v) is 8.11. The number of oxime groups is 1. The van der Waals surface area contributed by atoms with Gasteiger partial charge in [0.1, 0.15) is 5.75 Å². The first kappa shape index (κ1) is 17.1. The van der Waals surface area contributed by atoms with E-state index in [9.17, 15) is 18.3 Å². The number of halogens is 3. The number of nitrogens with zero attached hydrogens (tertiary/aromatic N) is 1. The second-order valence-corrected chi connectivity index (χ2v) is 6.62. The van der Waals surface area contributed by atoms with Crippen LogP contribution >= 0.6 is 0 Å². The van der Waals surface area contributed by atoms with Crippen molar-refractivity contribution in [2.24, 2.45) is 11.1 Å². The molecule has 2 aliphatic carbocycles. The van der Waals surface area contributed by atoms with E-state index in [1.54, 1.807) is 12.1 Å². The van der Waals surface area contributed by atoms with Crippen molar-refractivity contribution in [3.05, 3.63) is 29.8 Å². The van der Waals surface area contributed by atoms with Crippen molar-refractivity contribution < 1.29 is 28.2 Å². The molecule has 1 aromatic carbocycles. The van der Waals surface area contributed by atoms with E-state index in [-0.39, 0.29) is 11.7 Å². The number of aliphatic hydroxyl groups is 1. The van der Waals surface area contributed by atoms with Crippen LogP contribution in [-0.2, 0) is 5.41 Å². The van der Waals surface area contributed by atoms with Crippen LogP contribution in [0.3, 0.4) is 0 Å². The highest BCUT2D eigenvalue weighted by Gasteiger charge is 2.49. The third-order valence-corrected chi connectivity index (χ3v) is 5.36. The van der Waals surface area contributed by atoms with Gasteiger partial charge in [0.05, 0.1) is 11.8 Å². The van der Waals surface area contributed by atoms with Crippen molar-refractivity contribution in [3.63, 3.8) is 0 Å². The lowest BCUT2D eigenvalue weighted by molar-refractivity contribution is -0.274. The van der Waals surface area contributed by atoms with Gasteiger partial charge in [0.25, 0.3) is 0 Å². The van der Waals surface area contributed by atoms with E-state index in [1.807, 2.05) is 0 Å². The Morgan fingerprint density at radius 1 is 1.17 bits per heavy atom. The minimum Gasteiger partial charge on any atom is -0.411 e. The summed E-state index contributed by atoms with van der Waals surface area (Å²) < 4.78 is 40.7. The monoisotopic (exact) mass is 343 g/mol. The van der Waals surface area contributed by atoms with E-state index < -0.39 is 17.9 Å². The molecule has 0 bridgehead atoms. The maximum atomic E-state index is 12.3. The predicted octanol–water partition coefficient (Wildman–Crippen LogP) is 4.00. The normalized spacial score (nSPS) is 26.2. The van der Waals surface area contributed by atoms with Crippen molar-refractivity contribution in [3.8, 4) is 5.75 Å². The molecule has 132 valence electrons. The molecule has 0 heterocycles. The van der Waals surface area contributed by atoms with E-state index in [2.05, 4.69) is 9.89 Å². The third-order valence-electron chi connectivity index (χ3n) is 5.36. The molecule has 4 nitrogen and oxygen atoms in total. The smallest absolute Gasteiger partial charge is 0.411 e. The number of benzene rings is 1. The van der Waals surface area contributed by atoms with Gasteiger partial charge in [0.2, 0.25) is 0 Å². The van der Waals surface area contributed by atoms with Crippen LogP contribution in [0.4, 0.5) is 13.2 Å². The summed E-state index contributed by atoms with van der Waals surface area (Å²) in [6.45, 7) is 0. The van der Waals surface area contributed by atoms with Gasteiger partial charge in [-0.25, -0.2) is 0 Å². The van der Waals surface area contributed by atoms with Crippen LogP contribution in [-0.4, -0.2) is 28.5 Å². The molecule has 0 aromatic heterocycles. The Bertz CT molecular complexity index is 609. The molecule has 0 aliphatic heterocycles. The first-order valence-electron chi connectivity index (χ1n) is 8.11. The molecular weight excluding hydrogens is 323 g/mol. The van der Waals surface area contributed by atoms with Crippen LogP contribution in [0.25, 0.3) is 0 Å². The van der Waals surface area contributed by atoms with E-state index in [1.165, 1.54) is 12.1 Å². The fraction of sp³-hybridized carbons (Fsp3) is 0.588. The summed E-state index contributed by atoms with van der Waals surface area (Å²) in [5, 5.41) is 23.4. The molecule has 0 amide bonds. The first-order chi connectivity index (χ1) is 11.4. The quantitative estimate of drug-likeness (QED) is 0.642. The zero-order chi connectivity index (χ0) is 17.4. The summed E-state index contributed by atoms with van der Waals surface area (Å²) in [6, 6.07) is 5.75. The lowest BCUT2D eigenvalue weighted by atomic mass is 9.58. The van der Waals surface area contributed by atoms with Crippen molar-refractivity contribution >= 4 is 5.71 Å². The Kier molecular flexibility index (Phi) is 4.46. The van der Waals surface area contributed by atoms with Gasteiger partial charge in [0, 0.05) is 11.3 Å². The Balaban J connectivity index is 1.82. The average molecular weight is 343 g/mol. The van der Waals surface area contributed by atoms with Crippen LogP contribution in [0.15, 0.2) is 29.4 Å². The maximum absolute atomic E-state index is 12.3. The molecular formula is C17H20F3NO3. The minimum absolute atomic E-state index is 0.193. The van der Waals surface area contributed by atoms with Crippen molar-refractivity contribution in [1.29, 1.82) is 0 Å². The highest BCUT2D eigenvalue weighted by molar-refractivity contribution is 5.88. The lowest BCUT2D eigenvalue weighted by Gasteiger charge is -2.48. The van der Waals surface area contributed by atoms with E-state index in [0.717, 1.165) is 37.7 Å².